The van der Waals surface area contributed by atoms with E-state index in [0.717, 1.165) is 19.8 Å². The molecular formula is C48H48O15. The Labute approximate surface area is 362 Å². The van der Waals surface area contributed by atoms with Crippen LogP contribution < -0.4 is 0 Å². The molecule has 0 radical (unpaired) electrons. The van der Waals surface area contributed by atoms with Crippen LogP contribution in [0.25, 0.3) is 11.1 Å². The maximum absolute atomic E-state index is 14.0. The van der Waals surface area contributed by atoms with Gasteiger partial charge in [-0.05, 0) is 104 Å². The first-order chi connectivity index (χ1) is 29.7. The van der Waals surface area contributed by atoms with Gasteiger partial charge in [-0.1, -0.05) is 60.2 Å². The van der Waals surface area contributed by atoms with Crippen molar-refractivity contribution in [1.82, 2.24) is 0 Å². The average molecular weight is 865 g/mol. The van der Waals surface area contributed by atoms with Crippen LogP contribution in [0, 0.1) is 0 Å². The maximum Gasteiger partial charge on any atom is 0.375 e. The number of benzene rings is 4. The van der Waals surface area contributed by atoms with Crippen LogP contribution in [0.5, 0.6) is 23.0 Å². The van der Waals surface area contributed by atoms with Gasteiger partial charge in [0.25, 0.3) is 0 Å². The lowest BCUT2D eigenvalue weighted by atomic mass is 9.82. The number of methoxy groups -OCH3 is 2. The summed E-state index contributed by atoms with van der Waals surface area (Å²) in [6.45, 7) is 6.78. The molecule has 63 heavy (non-hydrogen) atoms. The molecular weight excluding hydrogens is 817 g/mol. The molecule has 4 aromatic rings. The minimum absolute atomic E-state index is 0.0253. The molecule has 0 amide bonds. The van der Waals surface area contributed by atoms with Gasteiger partial charge in [-0.3, -0.25) is 0 Å². The summed E-state index contributed by atoms with van der Waals surface area (Å²) in [6, 6.07) is 19.9. The highest BCUT2D eigenvalue weighted by Crippen LogP contribution is 2.47. The van der Waals surface area contributed by atoms with Crippen molar-refractivity contribution < 1.29 is 73.5 Å². The zero-order chi connectivity index (χ0) is 46.0. The number of cyclic esters (lactones) is 2. The fraction of sp³-hybridized carbons (Fsp3) is 0.292. The van der Waals surface area contributed by atoms with E-state index < -0.39 is 64.7 Å². The standard InChI is InChI=1S/C48H48O15/c1-26(2)7-10-31-21-27(8-19-35(31)51)25-48(45(58)60-6)39(30-13-17-34(50)18-14-30)41(43(56)63-48)61-46(3,4)37(53)23-32-22-28(9-20-36(32)52)24-47(44(57)59-5)38(40(54)42(55)62-47)29-11-15-33(49)16-12-29/h7-9,11-22,37,49-54H,10,23-25H2,1-6H3/t37-,47+,48+/m0/s1. The summed E-state index contributed by atoms with van der Waals surface area (Å²) >= 11 is 0. The third-order valence-electron chi connectivity index (χ3n) is 11.0. The Morgan fingerprint density at radius 1 is 0.683 bits per heavy atom. The number of aromatic hydroxyl groups is 4. The number of hydrogen-bond acceptors (Lipinski definition) is 15. The molecule has 0 spiro atoms. The Kier molecular flexibility index (Phi) is 12.7. The molecule has 2 aliphatic heterocycles. The lowest BCUT2D eigenvalue weighted by Gasteiger charge is -2.32. The number of ether oxygens (including phenoxy) is 5. The van der Waals surface area contributed by atoms with Gasteiger partial charge in [0, 0.05) is 19.3 Å². The Morgan fingerprint density at radius 2 is 1.14 bits per heavy atom. The summed E-state index contributed by atoms with van der Waals surface area (Å²) in [5.74, 6) is -5.96. The fourth-order valence-corrected chi connectivity index (χ4v) is 7.68. The van der Waals surface area contributed by atoms with Gasteiger partial charge in [-0.15, -0.1) is 0 Å². The van der Waals surface area contributed by atoms with E-state index in [1.807, 2.05) is 19.9 Å². The monoisotopic (exact) mass is 864 g/mol. The van der Waals surface area contributed by atoms with E-state index in [1.54, 1.807) is 12.1 Å². The molecule has 0 aliphatic carbocycles. The first-order valence-electron chi connectivity index (χ1n) is 19.8. The number of phenols is 4. The molecule has 0 saturated heterocycles. The quantitative estimate of drug-likeness (QED) is 0.0469. The van der Waals surface area contributed by atoms with Crippen LogP contribution in [0.3, 0.4) is 0 Å². The number of aliphatic hydroxyl groups is 2. The normalized spacial score (nSPS) is 19.0. The van der Waals surface area contributed by atoms with Gasteiger partial charge in [0.1, 0.15) is 28.6 Å². The van der Waals surface area contributed by atoms with E-state index in [9.17, 15) is 49.8 Å². The molecule has 15 nitrogen and oxygen atoms in total. The second-order valence-corrected chi connectivity index (χ2v) is 16.1. The Hall–Kier alpha value is -7.26. The topological polar surface area (TPSA) is 236 Å². The lowest BCUT2D eigenvalue weighted by Crippen LogP contribution is -2.44. The summed E-state index contributed by atoms with van der Waals surface area (Å²) in [4.78, 5) is 54.3. The largest absolute Gasteiger partial charge is 0.508 e. The molecule has 330 valence electrons. The minimum atomic E-state index is -2.19. The van der Waals surface area contributed by atoms with E-state index in [1.165, 1.54) is 86.6 Å². The molecule has 0 saturated carbocycles. The molecule has 6 N–H and O–H groups in total. The van der Waals surface area contributed by atoms with Gasteiger partial charge in [0.05, 0.1) is 31.5 Å². The number of rotatable bonds is 15. The third-order valence-corrected chi connectivity index (χ3v) is 11.0. The fourth-order valence-electron chi connectivity index (χ4n) is 7.68. The SMILES string of the molecule is COC(=O)[C@]1(Cc2ccc(O)c(C[C@H](O)C(C)(C)OC3=C(c4ccc(O)cc4)[C@](Cc4ccc(O)c(CC=C(C)C)c4)(C(=O)OC)OC3=O)c2)OC(=O)C(O)=C1c1ccc(O)cc1. The number of aliphatic hydroxyl groups excluding tert-OH is 2. The highest BCUT2D eigenvalue weighted by molar-refractivity contribution is 6.12. The van der Waals surface area contributed by atoms with Crippen molar-refractivity contribution in [3.05, 3.63) is 141 Å². The maximum atomic E-state index is 14.0. The molecule has 2 heterocycles. The van der Waals surface area contributed by atoms with Gasteiger partial charge in [-0.25, -0.2) is 19.2 Å². The van der Waals surface area contributed by atoms with Gasteiger partial charge >= 0.3 is 23.9 Å². The molecule has 4 aromatic carbocycles. The zero-order valence-corrected chi connectivity index (χ0v) is 35.4. The highest BCUT2D eigenvalue weighted by atomic mass is 16.6. The van der Waals surface area contributed by atoms with Crippen molar-refractivity contribution in [3.8, 4) is 23.0 Å². The third kappa shape index (κ3) is 8.91. The Bertz CT molecular complexity index is 2540. The zero-order valence-electron chi connectivity index (χ0n) is 35.4. The van der Waals surface area contributed by atoms with Crippen LogP contribution >= 0.6 is 0 Å². The predicted molar refractivity (Wildman–Crippen MR) is 226 cm³/mol. The minimum Gasteiger partial charge on any atom is -0.508 e. The van der Waals surface area contributed by atoms with E-state index >= 15 is 0 Å². The number of carbonyl (C=O) groups is 4. The van der Waals surface area contributed by atoms with Crippen molar-refractivity contribution in [2.75, 3.05) is 14.2 Å². The number of carbonyl (C=O) groups excluding carboxylic acids is 4. The number of hydrogen-bond donors (Lipinski definition) is 6. The van der Waals surface area contributed by atoms with Crippen molar-refractivity contribution in [2.45, 2.75) is 76.3 Å². The van der Waals surface area contributed by atoms with Crippen LogP contribution in [0.4, 0.5) is 0 Å². The van der Waals surface area contributed by atoms with Gasteiger partial charge in [-0.2, -0.15) is 0 Å². The summed E-state index contributed by atoms with van der Waals surface area (Å²) in [5.41, 5.74) is -3.32. The van der Waals surface area contributed by atoms with E-state index in [-0.39, 0.29) is 63.7 Å². The number of phenolic OH excluding ortho intramolecular Hbond substituents is 4. The summed E-state index contributed by atoms with van der Waals surface area (Å²) < 4.78 is 28.1. The van der Waals surface area contributed by atoms with Crippen LogP contribution in [0.2, 0.25) is 0 Å². The lowest BCUT2D eigenvalue weighted by molar-refractivity contribution is -0.171. The summed E-state index contributed by atoms with van der Waals surface area (Å²) in [5, 5.41) is 64.4. The summed E-state index contributed by atoms with van der Waals surface area (Å²) in [7, 11) is 2.21. The molecule has 2 aliphatic rings. The molecule has 15 heteroatoms. The van der Waals surface area contributed by atoms with Crippen molar-refractivity contribution in [3.63, 3.8) is 0 Å². The Morgan fingerprint density at radius 3 is 1.65 bits per heavy atom. The average Bonchev–Trinajstić information content (AvgIpc) is 3.66. The predicted octanol–water partition coefficient (Wildman–Crippen LogP) is 5.82. The number of allylic oxidation sites excluding steroid dienone is 2. The first kappa shape index (κ1) is 45.3. The second kappa shape index (κ2) is 17.6. The molecule has 0 aromatic heterocycles. The molecule has 0 unspecified atom stereocenters. The summed E-state index contributed by atoms with van der Waals surface area (Å²) in [6.07, 6.45) is -0.164. The van der Waals surface area contributed by atoms with E-state index in [4.69, 9.17) is 23.7 Å². The van der Waals surface area contributed by atoms with E-state index in [2.05, 4.69) is 0 Å². The van der Waals surface area contributed by atoms with Gasteiger partial charge < -0.3 is 54.3 Å². The number of esters is 4. The first-order valence-corrected chi connectivity index (χ1v) is 19.8. The van der Waals surface area contributed by atoms with Crippen LogP contribution in [-0.2, 0) is 68.5 Å². The highest BCUT2D eigenvalue weighted by Gasteiger charge is 2.58. The molecule has 0 bridgehead atoms. The van der Waals surface area contributed by atoms with Crippen LogP contribution in [-0.4, -0.2) is 91.6 Å². The van der Waals surface area contributed by atoms with Crippen molar-refractivity contribution in [2.24, 2.45) is 0 Å². The van der Waals surface area contributed by atoms with Crippen LogP contribution in [0.15, 0.2) is 108 Å². The molecule has 3 atom stereocenters. The smallest absolute Gasteiger partial charge is 0.375 e. The van der Waals surface area contributed by atoms with Gasteiger partial charge in [0.15, 0.2) is 0 Å². The molecule has 0 fully saturated rings. The van der Waals surface area contributed by atoms with Crippen molar-refractivity contribution >= 4 is 35.0 Å². The van der Waals surface area contributed by atoms with Gasteiger partial charge in [0.2, 0.25) is 22.7 Å². The van der Waals surface area contributed by atoms with E-state index in [0.29, 0.717) is 23.1 Å². The molecule has 6 rings (SSSR count). The Balaban J connectivity index is 1.36. The van der Waals surface area contributed by atoms with Crippen LogP contribution in [0.1, 0.15) is 61.1 Å². The second-order valence-electron chi connectivity index (χ2n) is 16.1. The van der Waals surface area contributed by atoms with Crippen molar-refractivity contribution in [1.29, 1.82) is 0 Å².